The summed E-state index contributed by atoms with van der Waals surface area (Å²) in [6.07, 6.45) is 1.62. The van der Waals surface area contributed by atoms with Gasteiger partial charge in [-0.2, -0.15) is 0 Å². The van der Waals surface area contributed by atoms with E-state index in [0.717, 1.165) is 5.56 Å². The molecule has 2 N–H and O–H groups in total. The summed E-state index contributed by atoms with van der Waals surface area (Å²) >= 11 is 0. The van der Waals surface area contributed by atoms with Crippen molar-refractivity contribution in [2.75, 3.05) is 0 Å². The largest absolute Gasteiger partial charge is 0.508 e. The second-order valence-electron chi connectivity index (χ2n) is 3.38. The van der Waals surface area contributed by atoms with Crippen molar-refractivity contribution in [3.8, 4) is 5.75 Å². The van der Waals surface area contributed by atoms with Crippen molar-refractivity contribution < 1.29 is 15.0 Å². The zero-order chi connectivity index (χ0) is 9.47. The number of fused-ring (bicyclic) bond motifs is 1. The Balaban J connectivity index is 2.55. The van der Waals surface area contributed by atoms with E-state index in [-0.39, 0.29) is 5.75 Å². The molecule has 0 radical (unpaired) electrons. The van der Waals surface area contributed by atoms with Gasteiger partial charge in [-0.25, -0.2) is 0 Å². The lowest BCUT2D eigenvalue weighted by Gasteiger charge is -2.15. The van der Waals surface area contributed by atoms with E-state index in [1.54, 1.807) is 12.1 Å². The molecule has 1 aliphatic rings. The maximum absolute atomic E-state index is 10.7. The number of aliphatic hydroxyl groups is 1. The van der Waals surface area contributed by atoms with Gasteiger partial charge in [0, 0.05) is 0 Å². The normalized spacial score (nSPS) is 25.6. The van der Waals surface area contributed by atoms with E-state index in [0.29, 0.717) is 24.7 Å². The minimum absolute atomic E-state index is 0.175. The molecular formula is C10H10O3. The standard InChI is InChI=1S/C10H10O3/c11-6-10(13)4-3-7-5-8(12)1-2-9(7)10/h1-2,5-6,12-13H,3-4H2. The number of benzene rings is 1. The third-order valence-corrected chi connectivity index (χ3v) is 2.53. The Bertz CT molecular complexity index is 359. The molecule has 68 valence electrons. The summed E-state index contributed by atoms with van der Waals surface area (Å²) in [6, 6.07) is 4.68. The summed E-state index contributed by atoms with van der Waals surface area (Å²) in [7, 11) is 0. The Morgan fingerprint density at radius 1 is 1.46 bits per heavy atom. The van der Waals surface area contributed by atoms with Crippen molar-refractivity contribution in [2.24, 2.45) is 0 Å². The fourth-order valence-corrected chi connectivity index (χ4v) is 1.79. The van der Waals surface area contributed by atoms with Gasteiger partial charge in [-0.05, 0) is 36.1 Å². The van der Waals surface area contributed by atoms with Crippen molar-refractivity contribution in [3.05, 3.63) is 29.3 Å². The molecule has 1 unspecified atom stereocenters. The predicted octanol–water partition coefficient (Wildman–Crippen LogP) is 0.725. The second kappa shape index (κ2) is 2.57. The van der Waals surface area contributed by atoms with Crippen molar-refractivity contribution in [3.63, 3.8) is 0 Å². The first kappa shape index (κ1) is 8.26. The van der Waals surface area contributed by atoms with Crippen LogP contribution in [0.1, 0.15) is 17.5 Å². The molecule has 0 spiro atoms. The van der Waals surface area contributed by atoms with E-state index in [1.165, 1.54) is 6.07 Å². The molecule has 1 aromatic carbocycles. The molecular weight excluding hydrogens is 168 g/mol. The molecule has 3 nitrogen and oxygen atoms in total. The van der Waals surface area contributed by atoms with Gasteiger partial charge in [0.25, 0.3) is 0 Å². The lowest BCUT2D eigenvalue weighted by Crippen LogP contribution is -2.23. The smallest absolute Gasteiger partial charge is 0.156 e. The van der Waals surface area contributed by atoms with E-state index in [4.69, 9.17) is 5.11 Å². The lowest BCUT2D eigenvalue weighted by molar-refractivity contribution is -0.124. The van der Waals surface area contributed by atoms with Gasteiger partial charge in [0.05, 0.1) is 0 Å². The number of carbonyl (C=O) groups excluding carboxylic acids is 1. The zero-order valence-electron chi connectivity index (χ0n) is 7.03. The van der Waals surface area contributed by atoms with Gasteiger partial charge in [-0.3, -0.25) is 4.79 Å². The third kappa shape index (κ3) is 1.12. The molecule has 1 aromatic rings. The van der Waals surface area contributed by atoms with Gasteiger partial charge in [-0.15, -0.1) is 0 Å². The van der Waals surface area contributed by atoms with Crippen LogP contribution in [-0.2, 0) is 16.8 Å². The van der Waals surface area contributed by atoms with E-state index >= 15 is 0 Å². The summed E-state index contributed by atoms with van der Waals surface area (Å²) in [6.45, 7) is 0. The molecule has 1 aliphatic carbocycles. The average Bonchev–Trinajstić information content (AvgIpc) is 2.45. The number of carbonyl (C=O) groups is 1. The summed E-state index contributed by atoms with van der Waals surface area (Å²) in [4.78, 5) is 10.7. The molecule has 0 saturated carbocycles. The quantitative estimate of drug-likeness (QED) is 0.623. The van der Waals surface area contributed by atoms with Crippen molar-refractivity contribution in [1.29, 1.82) is 0 Å². The molecule has 3 heteroatoms. The van der Waals surface area contributed by atoms with Crippen molar-refractivity contribution >= 4 is 6.29 Å². The number of hydrogen-bond donors (Lipinski definition) is 2. The molecule has 1 atom stereocenters. The minimum Gasteiger partial charge on any atom is -0.508 e. The number of aldehydes is 1. The highest BCUT2D eigenvalue weighted by Gasteiger charge is 2.36. The number of phenolic OH excluding ortho intramolecular Hbond substituents is 1. The van der Waals surface area contributed by atoms with Crippen LogP contribution in [0.4, 0.5) is 0 Å². The molecule has 0 heterocycles. The maximum Gasteiger partial charge on any atom is 0.156 e. The Hall–Kier alpha value is -1.35. The zero-order valence-corrected chi connectivity index (χ0v) is 7.03. The van der Waals surface area contributed by atoms with Gasteiger partial charge in [0.15, 0.2) is 6.29 Å². The summed E-state index contributed by atoms with van der Waals surface area (Å²) in [5.41, 5.74) is 0.151. The first-order valence-electron chi connectivity index (χ1n) is 4.17. The van der Waals surface area contributed by atoms with Gasteiger partial charge in [0.2, 0.25) is 0 Å². The monoisotopic (exact) mass is 178 g/mol. The average molecular weight is 178 g/mol. The van der Waals surface area contributed by atoms with Crippen LogP contribution in [0, 0.1) is 0 Å². The lowest BCUT2D eigenvalue weighted by atomic mass is 9.98. The van der Waals surface area contributed by atoms with Gasteiger partial charge >= 0.3 is 0 Å². The van der Waals surface area contributed by atoms with Crippen LogP contribution in [0.3, 0.4) is 0 Å². The first-order chi connectivity index (χ1) is 6.15. The molecule has 2 rings (SSSR count). The van der Waals surface area contributed by atoms with E-state index in [2.05, 4.69) is 0 Å². The summed E-state index contributed by atoms with van der Waals surface area (Å²) in [5, 5.41) is 19.0. The summed E-state index contributed by atoms with van der Waals surface area (Å²) in [5.74, 6) is 0.175. The van der Waals surface area contributed by atoms with Crippen LogP contribution in [-0.4, -0.2) is 16.5 Å². The number of rotatable bonds is 1. The van der Waals surface area contributed by atoms with E-state index in [9.17, 15) is 9.90 Å². The highest BCUT2D eigenvalue weighted by Crippen LogP contribution is 2.36. The Morgan fingerprint density at radius 2 is 2.23 bits per heavy atom. The fourth-order valence-electron chi connectivity index (χ4n) is 1.79. The number of hydrogen-bond acceptors (Lipinski definition) is 3. The van der Waals surface area contributed by atoms with Crippen LogP contribution in [0.5, 0.6) is 5.75 Å². The SMILES string of the molecule is O=CC1(O)CCc2cc(O)ccc21. The fraction of sp³-hybridized carbons (Fsp3) is 0.300. The number of phenols is 1. The third-order valence-electron chi connectivity index (χ3n) is 2.53. The maximum atomic E-state index is 10.7. The summed E-state index contributed by atoms with van der Waals surface area (Å²) < 4.78 is 0. The minimum atomic E-state index is -1.33. The van der Waals surface area contributed by atoms with Crippen LogP contribution in [0.2, 0.25) is 0 Å². The first-order valence-corrected chi connectivity index (χ1v) is 4.17. The van der Waals surface area contributed by atoms with Crippen LogP contribution >= 0.6 is 0 Å². The van der Waals surface area contributed by atoms with Crippen LogP contribution in [0.15, 0.2) is 18.2 Å². The Kier molecular flexibility index (Phi) is 1.63. The highest BCUT2D eigenvalue weighted by molar-refractivity contribution is 5.69. The second-order valence-corrected chi connectivity index (χ2v) is 3.38. The van der Waals surface area contributed by atoms with Gasteiger partial charge in [-0.1, -0.05) is 6.07 Å². The molecule has 13 heavy (non-hydrogen) atoms. The Morgan fingerprint density at radius 3 is 2.92 bits per heavy atom. The molecule has 0 aromatic heterocycles. The molecule has 0 fully saturated rings. The molecule has 0 bridgehead atoms. The number of aryl methyl sites for hydroxylation is 1. The van der Waals surface area contributed by atoms with E-state index < -0.39 is 5.60 Å². The van der Waals surface area contributed by atoms with Gasteiger partial charge in [0.1, 0.15) is 11.4 Å². The van der Waals surface area contributed by atoms with Crippen molar-refractivity contribution in [1.82, 2.24) is 0 Å². The van der Waals surface area contributed by atoms with Crippen molar-refractivity contribution in [2.45, 2.75) is 18.4 Å². The Labute approximate surface area is 75.6 Å². The molecule has 0 saturated heterocycles. The molecule has 0 amide bonds. The van der Waals surface area contributed by atoms with Crippen LogP contribution in [0.25, 0.3) is 0 Å². The molecule has 0 aliphatic heterocycles. The van der Waals surface area contributed by atoms with Crippen LogP contribution < -0.4 is 0 Å². The van der Waals surface area contributed by atoms with E-state index in [1.807, 2.05) is 0 Å². The highest BCUT2D eigenvalue weighted by atomic mass is 16.3. The van der Waals surface area contributed by atoms with Gasteiger partial charge < -0.3 is 10.2 Å². The number of aromatic hydroxyl groups is 1. The predicted molar refractivity (Wildman–Crippen MR) is 46.4 cm³/mol. The topological polar surface area (TPSA) is 57.5 Å².